The number of ketones is 1. The Morgan fingerprint density at radius 2 is 2.00 bits per heavy atom. The molecule has 0 unspecified atom stereocenters. The van der Waals surface area contributed by atoms with Crippen molar-refractivity contribution in [2.45, 2.75) is 33.6 Å². The Labute approximate surface area is 121 Å². The van der Waals surface area contributed by atoms with E-state index in [0.29, 0.717) is 19.1 Å². The van der Waals surface area contributed by atoms with Crippen molar-refractivity contribution in [1.82, 2.24) is 4.90 Å². The van der Waals surface area contributed by atoms with Crippen molar-refractivity contribution in [3.63, 3.8) is 0 Å². The van der Waals surface area contributed by atoms with Crippen molar-refractivity contribution >= 4 is 5.78 Å². The largest absolute Gasteiger partial charge is 0.493 e. The molecule has 0 N–H and O–H groups in total. The summed E-state index contributed by atoms with van der Waals surface area (Å²) < 4.78 is 5.80. The zero-order valence-corrected chi connectivity index (χ0v) is 12.8. The first kappa shape index (κ1) is 15.0. The molecule has 1 heterocycles. The van der Waals surface area contributed by atoms with Gasteiger partial charge in [-0.05, 0) is 50.9 Å². The molecule has 0 bridgehead atoms. The Morgan fingerprint density at radius 1 is 1.30 bits per heavy atom. The molecule has 2 rings (SSSR count). The summed E-state index contributed by atoms with van der Waals surface area (Å²) in [4.78, 5) is 14.7. The molecule has 0 atom stereocenters. The van der Waals surface area contributed by atoms with Crippen molar-refractivity contribution in [2.24, 2.45) is 5.92 Å². The number of carbonyl (C=O) groups is 1. The van der Waals surface area contributed by atoms with Crippen LogP contribution >= 0.6 is 0 Å². The molecule has 1 aliphatic heterocycles. The number of Topliss-reactive ketones (excluding diaryl/α,β-unsaturated/α-hetero) is 1. The minimum absolute atomic E-state index is 0.175. The maximum atomic E-state index is 12.5. The maximum absolute atomic E-state index is 12.5. The van der Waals surface area contributed by atoms with Gasteiger partial charge in [0.05, 0.1) is 18.7 Å². The first-order chi connectivity index (χ1) is 9.56. The van der Waals surface area contributed by atoms with Gasteiger partial charge in [-0.15, -0.1) is 0 Å². The van der Waals surface area contributed by atoms with Crippen LogP contribution in [-0.2, 0) is 0 Å². The van der Waals surface area contributed by atoms with Gasteiger partial charge in [-0.25, -0.2) is 0 Å². The van der Waals surface area contributed by atoms with Crippen LogP contribution in [0, 0.1) is 12.8 Å². The molecule has 110 valence electrons. The van der Waals surface area contributed by atoms with E-state index >= 15 is 0 Å². The van der Waals surface area contributed by atoms with Crippen LogP contribution in [0.2, 0.25) is 0 Å². The van der Waals surface area contributed by atoms with Crippen molar-refractivity contribution in [3.8, 4) is 5.75 Å². The Bertz CT molecular complexity index is 462. The molecule has 1 aromatic rings. The van der Waals surface area contributed by atoms with Gasteiger partial charge in [0.2, 0.25) is 0 Å². The van der Waals surface area contributed by atoms with Gasteiger partial charge in [-0.2, -0.15) is 0 Å². The first-order valence-corrected chi connectivity index (χ1v) is 7.55. The number of benzene rings is 1. The van der Waals surface area contributed by atoms with E-state index in [0.717, 1.165) is 30.0 Å². The first-order valence-electron chi connectivity index (χ1n) is 7.55. The van der Waals surface area contributed by atoms with E-state index in [-0.39, 0.29) is 5.78 Å². The second-order valence-corrected chi connectivity index (χ2v) is 6.11. The third-order valence-corrected chi connectivity index (χ3v) is 3.57. The highest BCUT2D eigenvalue weighted by Crippen LogP contribution is 2.22. The fourth-order valence-corrected chi connectivity index (χ4v) is 2.47. The summed E-state index contributed by atoms with van der Waals surface area (Å²) in [6.45, 7) is 9.48. The smallest absolute Gasteiger partial charge is 0.180 e. The molecule has 3 nitrogen and oxygen atoms in total. The SMILES string of the molecule is Cc1ccc(OCC(C)C)c(C(=O)CN2CCCC2)c1. The van der Waals surface area contributed by atoms with E-state index in [9.17, 15) is 4.79 Å². The van der Waals surface area contributed by atoms with E-state index < -0.39 is 0 Å². The van der Waals surface area contributed by atoms with Crippen molar-refractivity contribution in [2.75, 3.05) is 26.2 Å². The Kier molecular flexibility index (Phi) is 5.18. The van der Waals surface area contributed by atoms with Gasteiger partial charge in [0, 0.05) is 0 Å². The molecule has 0 aliphatic carbocycles. The van der Waals surface area contributed by atoms with Crippen molar-refractivity contribution in [3.05, 3.63) is 29.3 Å². The maximum Gasteiger partial charge on any atom is 0.180 e. The number of aryl methyl sites for hydroxylation is 1. The minimum atomic E-state index is 0.175. The molecule has 3 heteroatoms. The van der Waals surface area contributed by atoms with Crippen LogP contribution in [0.15, 0.2) is 18.2 Å². The van der Waals surface area contributed by atoms with Crippen LogP contribution in [0.4, 0.5) is 0 Å². The second kappa shape index (κ2) is 6.89. The predicted octanol–water partition coefficient (Wildman–Crippen LogP) is 3.31. The fraction of sp³-hybridized carbons (Fsp3) is 0.588. The summed E-state index contributed by atoms with van der Waals surface area (Å²) in [6.07, 6.45) is 2.41. The van der Waals surface area contributed by atoms with Crippen LogP contribution in [0.3, 0.4) is 0 Å². The molecule has 0 spiro atoms. The molecule has 1 aromatic carbocycles. The van der Waals surface area contributed by atoms with Gasteiger partial charge in [0.1, 0.15) is 5.75 Å². The molecule has 0 saturated carbocycles. The Morgan fingerprint density at radius 3 is 2.65 bits per heavy atom. The molecular weight excluding hydrogens is 250 g/mol. The number of nitrogens with zero attached hydrogens (tertiary/aromatic N) is 1. The zero-order chi connectivity index (χ0) is 14.5. The lowest BCUT2D eigenvalue weighted by molar-refractivity contribution is 0.0940. The van der Waals surface area contributed by atoms with Crippen molar-refractivity contribution in [1.29, 1.82) is 0 Å². The molecule has 1 aliphatic rings. The van der Waals surface area contributed by atoms with Crippen LogP contribution < -0.4 is 4.74 Å². The lowest BCUT2D eigenvalue weighted by Gasteiger charge is -2.16. The standard InChI is InChI=1S/C17H25NO2/c1-13(2)12-20-17-7-6-14(3)10-15(17)16(19)11-18-8-4-5-9-18/h6-7,10,13H,4-5,8-9,11-12H2,1-3H3. The normalized spacial score (nSPS) is 15.8. The van der Waals surface area contributed by atoms with E-state index in [1.807, 2.05) is 25.1 Å². The summed E-state index contributed by atoms with van der Waals surface area (Å²) >= 11 is 0. The van der Waals surface area contributed by atoms with Gasteiger partial charge >= 0.3 is 0 Å². The summed E-state index contributed by atoms with van der Waals surface area (Å²) in [5.41, 5.74) is 1.84. The predicted molar refractivity (Wildman–Crippen MR) is 81.5 cm³/mol. The molecule has 20 heavy (non-hydrogen) atoms. The van der Waals surface area contributed by atoms with Crippen LogP contribution in [-0.4, -0.2) is 36.9 Å². The van der Waals surface area contributed by atoms with Gasteiger partial charge in [-0.3, -0.25) is 9.69 Å². The molecule has 0 amide bonds. The number of carbonyl (C=O) groups excluding carboxylic acids is 1. The zero-order valence-electron chi connectivity index (χ0n) is 12.8. The average molecular weight is 275 g/mol. The highest BCUT2D eigenvalue weighted by Gasteiger charge is 2.19. The number of rotatable bonds is 6. The topological polar surface area (TPSA) is 29.5 Å². The molecule has 1 saturated heterocycles. The van der Waals surface area contributed by atoms with E-state index in [4.69, 9.17) is 4.74 Å². The monoisotopic (exact) mass is 275 g/mol. The summed E-state index contributed by atoms with van der Waals surface area (Å²) in [7, 11) is 0. The average Bonchev–Trinajstić information content (AvgIpc) is 2.89. The number of hydrogen-bond acceptors (Lipinski definition) is 3. The summed E-state index contributed by atoms with van der Waals surface area (Å²) in [6, 6.07) is 5.88. The highest BCUT2D eigenvalue weighted by atomic mass is 16.5. The van der Waals surface area contributed by atoms with Crippen LogP contribution in [0.1, 0.15) is 42.6 Å². The second-order valence-electron chi connectivity index (χ2n) is 6.11. The summed E-state index contributed by atoms with van der Waals surface area (Å²) in [5.74, 6) is 1.36. The van der Waals surface area contributed by atoms with Crippen LogP contribution in [0.5, 0.6) is 5.75 Å². The molecule has 1 fully saturated rings. The molecule has 0 aromatic heterocycles. The third kappa shape index (κ3) is 4.07. The third-order valence-electron chi connectivity index (χ3n) is 3.57. The quantitative estimate of drug-likeness (QED) is 0.746. The lowest BCUT2D eigenvalue weighted by atomic mass is 10.1. The summed E-state index contributed by atoms with van der Waals surface area (Å²) in [5, 5.41) is 0. The highest BCUT2D eigenvalue weighted by molar-refractivity contribution is 6.00. The molecule has 0 radical (unpaired) electrons. The van der Waals surface area contributed by atoms with E-state index in [2.05, 4.69) is 18.7 Å². The Hall–Kier alpha value is -1.35. The van der Waals surface area contributed by atoms with Gasteiger partial charge in [-0.1, -0.05) is 25.5 Å². The van der Waals surface area contributed by atoms with Gasteiger partial charge < -0.3 is 4.74 Å². The van der Waals surface area contributed by atoms with Gasteiger partial charge in [0.25, 0.3) is 0 Å². The van der Waals surface area contributed by atoms with Crippen molar-refractivity contribution < 1.29 is 9.53 Å². The number of ether oxygens (including phenoxy) is 1. The van der Waals surface area contributed by atoms with E-state index in [1.54, 1.807) is 0 Å². The van der Waals surface area contributed by atoms with E-state index in [1.165, 1.54) is 12.8 Å². The fourth-order valence-electron chi connectivity index (χ4n) is 2.47. The Balaban J connectivity index is 2.10. The van der Waals surface area contributed by atoms with Gasteiger partial charge in [0.15, 0.2) is 5.78 Å². The lowest BCUT2D eigenvalue weighted by Crippen LogP contribution is -2.27. The number of likely N-dealkylation sites (tertiary alicyclic amines) is 1. The number of hydrogen-bond donors (Lipinski definition) is 0. The minimum Gasteiger partial charge on any atom is -0.493 e. The molecular formula is C17H25NO2. The van der Waals surface area contributed by atoms with Crippen LogP contribution in [0.25, 0.3) is 0 Å².